The van der Waals surface area contributed by atoms with E-state index in [4.69, 9.17) is 0 Å². The second kappa shape index (κ2) is 7.97. The van der Waals surface area contributed by atoms with Crippen LogP contribution in [0.15, 0.2) is 11.1 Å². The van der Waals surface area contributed by atoms with Crippen LogP contribution in [0.1, 0.15) is 105 Å². The van der Waals surface area contributed by atoms with Crippen LogP contribution in [0.3, 0.4) is 0 Å². The smallest absolute Gasteiger partial charge is 0.0758 e. The molecule has 2 heteroatoms. The first-order chi connectivity index (χ1) is 13.7. The molecule has 0 bridgehead atoms. The van der Waals surface area contributed by atoms with E-state index < -0.39 is 0 Å². The minimum atomic E-state index is -0.256. The van der Waals surface area contributed by atoms with Gasteiger partial charge in [0.05, 0.1) is 12.2 Å². The molecule has 4 rings (SSSR count). The van der Waals surface area contributed by atoms with Crippen LogP contribution in [-0.4, -0.2) is 22.4 Å². The lowest BCUT2D eigenvalue weighted by molar-refractivity contribution is -0.0664. The zero-order valence-electron chi connectivity index (χ0n) is 19.7. The van der Waals surface area contributed by atoms with Crippen molar-refractivity contribution in [3.8, 4) is 0 Å². The molecule has 3 fully saturated rings. The van der Waals surface area contributed by atoms with Crippen LogP contribution < -0.4 is 0 Å². The van der Waals surface area contributed by atoms with Gasteiger partial charge in [0.25, 0.3) is 0 Å². The predicted molar refractivity (Wildman–Crippen MR) is 121 cm³/mol. The van der Waals surface area contributed by atoms with Gasteiger partial charge in [-0.3, -0.25) is 0 Å². The number of allylic oxidation sites excluding steroid dienone is 1. The summed E-state index contributed by atoms with van der Waals surface area (Å²) in [7, 11) is 0. The molecule has 2 nitrogen and oxygen atoms in total. The molecule has 0 spiro atoms. The van der Waals surface area contributed by atoms with E-state index in [1.807, 2.05) is 0 Å². The fraction of sp³-hybridized carbons (Fsp3) is 0.926. The van der Waals surface area contributed by atoms with E-state index >= 15 is 0 Å². The summed E-state index contributed by atoms with van der Waals surface area (Å²) >= 11 is 0. The van der Waals surface area contributed by atoms with Gasteiger partial charge in [-0.15, -0.1) is 0 Å². The van der Waals surface area contributed by atoms with Crippen molar-refractivity contribution in [1.82, 2.24) is 0 Å². The predicted octanol–water partition coefficient (Wildman–Crippen LogP) is 6.50. The quantitative estimate of drug-likeness (QED) is 0.515. The molecule has 4 aliphatic carbocycles. The van der Waals surface area contributed by atoms with Gasteiger partial charge in [0.1, 0.15) is 0 Å². The van der Waals surface area contributed by atoms with Crippen molar-refractivity contribution in [3.05, 3.63) is 11.1 Å². The van der Waals surface area contributed by atoms with E-state index in [0.29, 0.717) is 22.7 Å². The molecular weight excluding hydrogens is 356 g/mol. The minimum Gasteiger partial charge on any atom is -0.393 e. The maximum atomic E-state index is 11.3. The summed E-state index contributed by atoms with van der Waals surface area (Å²) in [6, 6.07) is 0. The maximum absolute atomic E-state index is 11.3. The summed E-state index contributed by atoms with van der Waals surface area (Å²) in [6.07, 6.45) is 12.7. The zero-order chi connectivity index (χ0) is 21.0. The Bertz CT molecular complexity index is 636. The number of rotatable bonds is 5. The molecule has 1 unspecified atom stereocenters. The van der Waals surface area contributed by atoms with Gasteiger partial charge in [-0.1, -0.05) is 59.5 Å². The summed E-state index contributed by atoms with van der Waals surface area (Å²) in [5.41, 5.74) is 3.77. The fourth-order valence-electron chi connectivity index (χ4n) is 8.45. The molecule has 0 aromatic heterocycles. The van der Waals surface area contributed by atoms with Crippen LogP contribution in [0.5, 0.6) is 0 Å². The normalized spacial score (nSPS) is 45.7. The van der Waals surface area contributed by atoms with E-state index in [9.17, 15) is 10.2 Å². The average molecular weight is 403 g/mol. The third-order valence-electron chi connectivity index (χ3n) is 10.2. The van der Waals surface area contributed by atoms with Crippen molar-refractivity contribution >= 4 is 0 Å². The average Bonchev–Trinajstić information content (AvgIpc) is 3.00. The number of fused-ring (bicyclic) bond motifs is 4. The molecular formula is C27H46O2. The highest BCUT2D eigenvalue weighted by molar-refractivity contribution is 5.37. The van der Waals surface area contributed by atoms with Crippen molar-refractivity contribution in [1.29, 1.82) is 0 Å². The first kappa shape index (κ1) is 21.9. The zero-order valence-corrected chi connectivity index (χ0v) is 19.7. The Hall–Kier alpha value is -0.340. The van der Waals surface area contributed by atoms with Gasteiger partial charge >= 0.3 is 0 Å². The highest BCUT2D eigenvalue weighted by atomic mass is 16.3. The topological polar surface area (TPSA) is 40.5 Å². The van der Waals surface area contributed by atoms with Crippen LogP contribution >= 0.6 is 0 Å². The molecule has 0 aromatic carbocycles. The summed E-state index contributed by atoms with van der Waals surface area (Å²) < 4.78 is 0. The largest absolute Gasteiger partial charge is 0.393 e. The molecule has 4 aliphatic rings. The van der Waals surface area contributed by atoms with Crippen LogP contribution in [0, 0.1) is 40.4 Å². The Morgan fingerprint density at radius 1 is 0.966 bits per heavy atom. The van der Waals surface area contributed by atoms with Crippen LogP contribution in [0.25, 0.3) is 0 Å². The molecule has 29 heavy (non-hydrogen) atoms. The van der Waals surface area contributed by atoms with Crippen LogP contribution in [0.2, 0.25) is 0 Å². The molecule has 8 atom stereocenters. The molecule has 0 saturated heterocycles. The number of hydrogen-bond acceptors (Lipinski definition) is 2. The molecule has 166 valence electrons. The number of aliphatic hydroxyl groups excluding tert-OH is 2. The van der Waals surface area contributed by atoms with Gasteiger partial charge in [0.2, 0.25) is 0 Å². The van der Waals surface area contributed by atoms with Crippen molar-refractivity contribution in [2.24, 2.45) is 40.4 Å². The summed E-state index contributed by atoms with van der Waals surface area (Å²) in [4.78, 5) is 0. The van der Waals surface area contributed by atoms with Gasteiger partial charge in [-0.2, -0.15) is 0 Å². The highest BCUT2D eigenvalue weighted by Crippen LogP contribution is 2.65. The second-order valence-electron chi connectivity index (χ2n) is 12.3. The molecule has 0 aliphatic heterocycles. The SMILES string of the molecule is CC(C)CCC[C@@H](C)C1CCC2=C3[C@H](O)C[C@H]4C[C@@H](O)CC[C@]4(C)[C@H]3CC[C@@]21C. The standard InChI is InChI=1S/C27H46O2/c1-17(2)7-6-8-18(3)21-9-10-22-25-23(12-14-27(21,22)5)26(4)13-11-20(28)15-19(26)16-24(25)29/h17-21,23-24,28-29H,6-16H2,1-5H3/t18-,19-,20+,21?,23+,24-,26+,27-/m1/s1. The van der Waals surface area contributed by atoms with Gasteiger partial charge in [0.15, 0.2) is 0 Å². The monoisotopic (exact) mass is 402 g/mol. The van der Waals surface area contributed by atoms with E-state index in [0.717, 1.165) is 43.4 Å². The summed E-state index contributed by atoms with van der Waals surface area (Å²) in [6.45, 7) is 12.2. The minimum absolute atomic E-state index is 0.147. The van der Waals surface area contributed by atoms with E-state index in [2.05, 4.69) is 34.6 Å². The molecule has 0 radical (unpaired) electrons. The van der Waals surface area contributed by atoms with Crippen molar-refractivity contribution in [2.75, 3.05) is 0 Å². The lowest BCUT2D eigenvalue weighted by atomic mass is 9.48. The van der Waals surface area contributed by atoms with Gasteiger partial charge in [0, 0.05) is 0 Å². The first-order valence-electron chi connectivity index (χ1n) is 12.8. The fourth-order valence-corrected chi connectivity index (χ4v) is 8.45. The second-order valence-corrected chi connectivity index (χ2v) is 12.3. The Morgan fingerprint density at radius 3 is 2.45 bits per heavy atom. The van der Waals surface area contributed by atoms with Crippen LogP contribution in [0.4, 0.5) is 0 Å². The molecule has 2 N–H and O–H groups in total. The van der Waals surface area contributed by atoms with E-state index in [1.165, 1.54) is 50.5 Å². The van der Waals surface area contributed by atoms with Crippen molar-refractivity contribution in [3.63, 3.8) is 0 Å². The third kappa shape index (κ3) is 3.65. The Kier molecular flexibility index (Phi) is 6.01. The van der Waals surface area contributed by atoms with E-state index in [-0.39, 0.29) is 12.2 Å². The van der Waals surface area contributed by atoms with E-state index in [1.54, 1.807) is 5.57 Å². The summed E-state index contributed by atoms with van der Waals surface area (Å²) in [5, 5.41) is 21.5. The molecule has 0 amide bonds. The van der Waals surface area contributed by atoms with Gasteiger partial charge in [-0.05, 0) is 97.4 Å². The lowest BCUT2D eigenvalue weighted by Crippen LogP contribution is -2.52. The third-order valence-corrected chi connectivity index (χ3v) is 10.2. The molecule has 0 heterocycles. The first-order valence-corrected chi connectivity index (χ1v) is 12.8. The summed E-state index contributed by atoms with van der Waals surface area (Å²) in [5.74, 6) is 3.45. The molecule has 3 saturated carbocycles. The van der Waals surface area contributed by atoms with Gasteiger partial charge in [-0.25, -0.2) is 0 Å². The number of hydrogen-bond donors (Lipinski definition) is 2. The Morgan fingerprint density at radius 2 is 1.72 bits per heavy atom. The van der Waals surface area contributed by atoms with Gasteiger partial charge < -0.3 is 10.2 Å². The van der Waals surface area contributed by atoms with Crippen molar-refractivity contribution < 1.29 is 10.2 Å². The Labute approximate surface area is 179 Å². The van der Waals surface area contributed by atoms with Crippen LogP contribution in [-0.2, 0) is 0 Å². The highest BCUT2D eigenvalue weighted by Gasteiger charge is 2.57. The maximum Gasteiger partial charge on any atom is 0.0758 e. The van der Waals surface area contributed by atoms with Crippen molar-refractivity contribution in [2.45, 2.75) is 117 Å². The Balaban J connectivity index is 1.58. The number of aliphatic hydroxyl groups is 2. The molecule has 0 aromatic rings. The lowest BCUT2D eigenvalue weighted by Gasteiger charge is -2.58.